The van der Waals surface area contributed by atoms with Gasteiger partial charge in [0.05, 0.1) is 6.54 Å². The van der Waals surface area contributed by atoms with Crippen LogP contribution in [0.25, 0.3) is 0 Å². The quantitative estimate of drug-likeness (QED) is 0.537. The molecule has 0 spiro atoms. The van der Waals surface area contributed by atoms with E-state index in [1.54, 1.807) is 0 Å². The lowest BCUT2D eigenvalue weighted by Crippen LogP contribution is -2.54. The summed E-state index contributed by atoms with van der Waals surface area (Å²) in [6.07, 6.45) is 1.01. The number of anilines is 1. The van der Waals surface area contributed by atoms with Crippen LogP contribution in [0.1, 0.15) is 6.42 Å². The average molecular weight is 372 g/mol. The highest BCUT2D eigenvalue weighted by Crippen LogP contribution is 2.20. The number of carbonyl (C=O) groups excluding carboxylic acids is 2. The van der Waals surface area contributed by atoms with Crippen LogP contribution in [-0.4, -0.2) is 74.6 Å². The van der Waals surface area contributed by atoms with Crippen molar-refractivity contribution in [3.8, 4) is 0 Å². The number of nitrogens with zero attached hydrogens (tertiary/aromatic N) is 2. The van der Waals surface area contributed by atoms with Gasteiger partial charge in [-0.15, -0.1) is 0 Å². The minimum atomic E-state index is -0.287. The van der Waals surface area contributed by atoms with Crippen molar-refractivity contribution in [3.05, 3.63) is 30.3 Å². The zero-order valence-electron chi connectivity index (χ0n) is 15.5. The van der Waals surface area contributed by atoms with Gasteiger partial charge in [0.2, 0.25) is 11.8 Å². The van der Waals surface area contributed by atoms with E-state index >= 15 is 0 Å². The fourth-order valence-electron chi connectivity index (χ4n) is 4.21. The minimum absolute atomic E-state index is 0.0136. The maximum absolute atomic E-state index is 12.5. The fourth-order valence-corrected chi connectivity index (χ4v) is 4.21. The number of para-hydroxylation sites is 1. The third-order valence-corrected chi connectivity index (χ3v) is 5.83. The van der Waals surface area contributed by atoms with Crippen molar-refractivity contribution >= 4 is 17.5 Å². The van der Waals surface area contributed by atoms with Gasteiger partial charge in [0.25, 0.3) is 0 Å². The van der Waals surface area contributed by atoms with Crippen LogP contribution in [0.3, 0.4) is 0 Å². The molecule has 3 fully saturated rings. The monoisotopic (exact) mass is 372 g/mol. The molecule has 0 saturated carbocycles. The van der Waals surface area contributed by atoms with E-state index in [2.05, 4.69) is 38.5 Å². The molecular formula is C19H28N6O2. The van der Waals surface area contributed by atoms with Gasteiger partial charge in [0, 0.05) is 50.4 Å². The van der Waals surface area contributed by atoms with Crippen molar-refractivity contribution in [1.82, 2.24) is 26.4 Å². The number of piperazine rings is 1. The zero-order valence-corrected chi connectivity index (χ0v) is 15.5. The van der Waals surface area contributed by atoms with Gasteiger partial charge >= 0.3 is 0 Å². The third-order valence-electron chi connectivity index (χ3n) is 5.83. The van der Waals surface area contributed by atoms with E-state index in [0.29, 0.717) is 19.1 Å². The Kier molecular flexibility index (Phi) is 5.56. The van der Waals surface area contributed by atoms with Crippen LogP contribution in [-0.2, 0) is 9.59 Å². The molecule has 1 aromatic carbocycles. The number of benzene rings is 1. The highest BCUT2D eigenvalue weighted by Gasteiger charge is 2.41. The summed E-state index contributed by atoms with van der Waals surface area (Å²) in [5.41, 5.74) is 7.49. The summed E-state index contributed by atoms with van der Waals surface area (Å²) in [6, 6.07) is 10.3. The van der Waals surface area contributed by atoms with Crippen molar-refractivity contribution in [3.63, 3.8) is 0 Å². The molecule has 0 aliphatic carbocycles. The van der Waals surface area contributed by atoms with E-state index in [-0.39, 0.29) is 30.3 Å². The molecule has 3 saturated heterocycles. The lowest BCUT2D eigenvalue weighted by Gasteiger charge is -2.36. The molecule has 0 radical (unpaired) electrons. The van der Waals surface area contributed by atoms with Gasteiger partial charge < -0.3 is 20.4 Å². The number of amides is 2. The Morgan fingerprint density at radius 1 is 1.07 bits per heavy atom. The summed E-state index contributed by atoms with van der Waals surface area (Å²) in [4.78, 5) is 29.1. The van der Waals surface area contributed by atoms with Gasteiger partial charge in [0.15, 0.2) is 0 Å². The van der Waals surface area contributed by atoms with Crippen LogP contribution in [0.5, 0.6) is 0 Å². The number of nitrogens with one attached hydrogen (secondary N) is 4. The third kappa shape index (κ3) is 4.07. The van der Waals surface area contributed by atoms with Gasteiger partial charge in [-0.05, 0) is 25.1 Å². The van der Waals surface area contributed by atoms with Crippen molar-refractivity contribution in [2.45, 2.75) is 18.5 Å². The Bertz CT molecular complexity index is 661. The Morgan fingerprint density at radius 2 is 1.85 bits per heavy atom. The summed E-state index contributed by atoms with van der Waals surface area (Å²) in [5.74, 6) is 0.110. The fraction of sp³-hybridized carbons (Fsp3) is 0.579. The molecule has 4 rings (SSSR count). The molecule has 8 heteroatoms. The molecule has 3 heterocycles. The number of piperidine rings is 1. The summed E-state index contributed by atoms with van der Waals surface area (Å²) in [5, 5.41) is 6.16. The molecule has 1 aromatic rings. The van der Waals surface area contributed by atoms with Crippen molar-refractivity contribution in [2.24, 2.45) is 5.92 Å². The number of hydrogen-bond donors (Lipinski definition) is 4. The lowest BCUT2D eigenvalue weighted by atomic mass is 9.89. The normalized spacial score (nSPS) is 27.9. The smallest absolute Gasteiger partial charge is 0.242 e. The Balaban J connectivity index is 1.22. The molecule has 146 valence electrons. The van der Waals surface area contributed by atoms with Crippen molar-refractivity contribution < 1.29 is 9.59 Å². The standard InChI is InChI=1S/C19H28N6O2/c26-17(25-10-8-24(9-11-25)14-4-2-1-3-5-14)13-21-19(27)18-15-12-20-7-6-16(15)22-23-18/h1-5,15-16,18,20,22-23H,6-13H2,(H,21,27). The van der Waals surface area contributed by atoms with Crippen LogP contribution in [0.2, 0.25) is 0 Å². The second-order valence-electron chi connectivity index (χ2n) is 7.45. The second kappa shape index (κ2) is 8.24. The van der Waals surface area contributed by atoms with E-state index in [4.69, 9.17) is 0 Å². The average Bonchev–Trinajstić information content (AvgIpc) is 3.17. The Hall–Kier alpha value is -2.16. The van der Waals surface area contributed by atoms with Crippen molar-refractivity contribution in [2.75, 3.05) is 50.7 Å². The Morgan fingerprint density at radius 3 is 2.63 bits per heavy atom. The van der Waals surface area contributed by atoms with Crippen LogP contribution >= 0.6 is 0 Å². The SMILES string of the molecule is O=C(NCC(=O)N1CCN(c2ccccc2)CC1)C1NNC2CCNCC21. The van der Waals surface area contributed by atoms with Gasteiger partial charge in [-0.25, -0.2) is 5.43 Å². The number of rotatable bonds is 4. The maximum atomic E-state index is 12.5. The number of hydrogen-bond acceptors (Lipinski definition) is 6. The molecule has 27 heavy (non-hydrogen) atoms. The predicted molar refractivity (Wildman–Crippen MR) is 103 cm³/mol. The molecule has 3 aliphatic heterocycles. The topological polar surface area (TPSA) is 88.7 Å². The lowest BCUT2D eigenvalue weighted by molar-refractivity contribution is -0.133. The first-order valence-corrected chi connectivity index (χ1v) is 9.79. The molecule has 3 aliphatic rings. The second-order valence-corrected chi connectivity index (χ2v) is 7.45. The first-order valence-electron chi connectivity index (χ1n) is 9.79. The highest BCUT2D eigenvalue weighted by atomic mass is 16.2. The summed E-state index contributed by atoms with van der Waals surface area (Å²) >= 11 is 0. The van der Waals surface area contributed by atoms with E-state index in [9.17, 15) is 9.59 Å². The number of hydrazine groups is 1. The maximum Gasteiger partial charge on any atom is 0.242 e. The van der Waals surface area contributed by atoms with Gasteiger partial charge in [-0.2, -0.15) is 0 Å². The summed E-state index contributed by atoms with van der Waals surface area (Å²) < 4.78 is 0. The number of carbonyl (C=O) groups is 2. The highest BCUT2D eigenvalue weighted by molar-refractivity contribution is 5.88. The van der Waals surface area contributed by atoms with Crippen LogP contribution in [0.4, 0.5) is 5.69 Å². The van der Waals surface area contributed by atoms with E-state index in [0.717, 1.165) is 32.6 Å². The Labute approximate surface area is 159 Å². The molecule has 8 nitrogen and oxygen atoms in total. The van der Waals surface area contributed by atoms with E-state index < -0.39 is 0 Å². The molecule has 2 amide bonds. The van der Waals surface area contributed by atoms with Crippen molar-refractivity contribution in [1.29, 1.82) is 0 Å². The zero-order chi connectivity index (χ0) is 18.6. The summed E-state index contributed by atoms with van der Waals surface area (Å²) in [7, 11) is 0. The molecule has 0 aromatic heterocycles. The minimum Gasteiger partial charge on any atom is -0.368 e. The van der Waals surface area contributed by atoms with Gasteiger partial charge in [0.1, 0.15) is 6.04 Å². The van der Waals surface area contributed by atoms with E-state index in [1.165, 1.54) is 5.69 Å². The van der Waals surface area contributed by atoms with Crippen LogP contribution < -0.4 is 26.4 Å². The molecule has 3 atom stereocenters. The van der Waals surface area contributed by atoms with Gasteiger partial charge in [-0.1, -0.05) is 18.2 Å². The molecule has 4 N–H and O–H groups in total. The first-order chi connectivity index (χ1) is 13.2. The molecular weight excluding hydrogens is 344 g/mol. The van der Waals surface area contributed by atoms with Gasteiger partial charge in [-0.3, -0.25) is 15.0 Å². The molecule has 0 bridgehead atoms. The van der Waals surface area contributed by atoms with Crippen LogP contribution in [0, 0.1) is 5.92 Å². The van der Waals surface area contributed by atoms with E-state index in [1.807, 2.05) is 23.1 Å². The van der Waals surface area contributed by atoms with Crippen LogP contribution in [0.15, 0.2) is 30.3 Å². The number of fused-ring (bicyclic) bond motifs is 1. The molecule has 3 unspecified atom stereocenters. The largest absolute Gasteiger partial charge is 0.368 e. The predicted octanol–water partition coefficient (Wildman–Crippen LogP) is -1.09. The first kappa shape index (κ1) is 18.2. The summed E-state index contributed by atoms with van der Waals surface area (Å²) in [6.45, 7) is 4.84.